The third-order valence-electron chi connectivity index (χ3n) is 7.87. The highest BCUT2D eigenvalue weighted by atomic mass is 19.1. The van der Waals surface area contributed by atoms with Gasteiger partial charge in [0, 0.05) is 50.8 Å². The van der Waals surface area contributed by atoms with E-state index in [1.165, 1.54) is 29.4 Å². The number of carbonyl (C=O) groups excluding carboxylic acids is 1. The molecule has 0 spiro atoms. The van der Waals surface area contributed by atoms with Gasteiger partial charge in [-0.2, -0.15) is 5.26 Å². The molecule has 13 heteroatoms. The number of hydrogen-bond donors (Lipinski definition) is 1. The molecule has 0 aromatic heterocycles. The Kier molecular flexibility index (Phi) is 9.71. The van der Waals surface area contributed by atoms with Gasteiger partial charge in [-0.1, -0.05) is 0 Å². The molecule has 43 heavy (non-hydrogen) atoms. The van der Waals surface area contributed by atoms with Gasteiger partial charge in [0.1, 0.15) is 36.7 Å². The Hall–Kier alpha value is -4.25. The van der Waals surface area contributed by atoms with Crippen molar-refractivity contribution in [3.63, 3.8) is 0 Å². The van der Waals surface area contributed by atoms with Crippen LogP contribution in [-0.2, 0) is 9.53 Å². The number of alkyl halides is 1. The molecule has 0 bridgehead atoms. The summed E-state index contributed by atoms with van der Waals surface area (Å²) in [6.45, 7) is 7.65. The molecule has 0 unspecified atom stereocenters. The standard InChI is InChI=1S/C30H33F2N7O4/c1-34-30(20-2-5-27(21(12-20)14-33)43-28-6-7-39(15-25(28)32)29(41)16-40)36-19-35-22-3-4-26(24(31)13-22)38-10-8-37(9-11-38)23-17-42-18-23/h2-5,12-13,19,23,25,28,40H,1,6-11,15-18H2/t25-,28+/m1/s1. The Balaban J connectivity index is 1.21. The minimum absolute atomic E-state index is 0.145. The van der Waals surface area contributed by atoms with Crippen LogP contribution in [0.5, 0.6) is 5.75 Å². The van der Waals surface area contributed by atoms with E-state index in [9.17, 15) is 18.8 Å². The summed E-state index contributed by atoms with van der Waals surface area (Å²) in [6, 6.07) is 11.9. The van der Waals surface area contributed by atoms with Crippen molar-refractivity contribution in [2.24, 2.45) is 15.0 Å². The summed E-state index contributed by atoms with van der Waals surface area (Å²) in [5.41, 5.74) is 1.52. The fourth-order valence-electron chi connectivity index (χ4n) is 5.32. The van der Waals surface area contributed by atoms with Gasteiger partial charge in [0.25, 0.3) is 0 Å². The van der Waals surface area contributed by atoms with Gasteiger partial charge in [-0.25, -0.2) is 23.8 Å². The topological polar surface area (TPSA) is 126 Å². The van der Waals surface area contributed by atoms with Gasteiger partial charge in [-0.3, -0.25) is 9.69 Å². The molecule has 3 aliphatic rings. The van der Waals surface area contributed by atoms with Crippen molar-refractivity contribution in [3.05, 3.63) is 53.3 Å². The Morgan fingerprint density at radius 3 is 2.60 bits per heavy atom. The lowest BCUT2D eigenvalue weighted by atomic mass is 10.0. The van der Waals surface area contributed by atoms with Crippen LogP contribution in [0.4, 0.5) is 20.2 Å². The first kappa shape index (κ1) is 30.2. The van der Waals surface area contributed by atoms with Crippen LogP contribution in [0.1, 0.15) is 17.5 Å². The number of anilines is 1. The zero-order valence-corrected chi connectivity index (χ0v) is 23.6. The monoisotopic (exact) mass is 593 g/mol. The van der Waals surface area contributed by atoms with Crippen molar-refractivity contribution in [3.8, 4) is 11.8 Å². The maximum absolute atomic E-state index is 15.0. The third kappa shape index (κ3) is 7.05. The van der Waals surface area contributed by atoms with E-state index in [1.807, 2.05) is 11.0 Å². The van der Waals surface area contributed by atoms with E-state index < -0.39 is 24.8 Å². The molecule has 2 aromatic rings. The number of nitriles is 1. The highest BCUT2D eigenvalue weighted by molar-refractivity contribution is 6.05. The quantitative estimate of drug-likeness (QED) is 0.368. The van der Waals surface area contributed by atoms with Crippen LogP contribution < -0.4 is 9.64 Å². The van der Waals surface area contributed by atoms with E-state index >= 15 is 0 Å². The van der Waals surface area contributed by atoms with Crippen LogP contribution in [0, 0.1) is 17.1 Å². The number of aliphatic imine (C=N–C) groups is 3. The molecule has 0 radical (unpaired) electrons. The molecule has 2 atom stereocenters. The van der Waals surface area contributed by atoms with Gasteiger partial charge in [0.05, 0.1) is 42.7 Å². The largest absolute Gasteiger partial charge is 0.486 e. The summed E-state index contributed by atoms with van der Waals surface area (Å²) in [5.74, 6) is -0.539. The number of ether oxygens (including phenoxy) is 2. The van der Waals surface area contributed by atoms with Crippen LogP contribution >= 0.6 is 0 Å². The van der Waals surface area contributed by atoms with Crippen molar-refractivity contribution in [1.29, 1.82) is 5.26 Å². The van der Waals surface area contributed by atoms with E-state index in [-0.39, 0.29) is 42.5 Å². The Bertz CT molecular complexity index is 1430. The number of halogens is 2. The molecule has 226 valence electrons. The number of aliphatic hydroxyl groups excluding tert-OH is 1. The lowest BCUT2D eigenvalue weighted by molar-refractivity contribution is -0.138. The second kappa shape index (κ2) is 13.8. The minimum Gasteiger partial charge on any atom is -0.486 e. The number of amidine groups is 1. The summed E-state index contributed by atoms with van der Waals surface area (Å²) in [7, 11) is 0. The average molecular weight is 594 g/mol. The van der Waals surface area contributed by atoms with Crippen LogP contribution in [0.3, 0.4) is 0 Å². The van der Waals surface area contributed by atoms with Crippen molar-refractivity contribution in [2.45, 2.75) is 24.7 Å². The van der Waals surface area contributed by atoms with E-state index in [0.717, 1.165) is 39.4 Å². The van der Waals surface area contributed by atoms with Gasteiger partial charge in [0.2, 0.25) is 5.91 Å². The Morgan fingerprint density at radius 1 is 1.19 bits per heavy atom. The summed E-state index contributed by atoms with van der Waals surface area (Å²) < 4.78 is 40.7. The zero-order chi connectivity index (χ0) is 30.3. The second-order valence-corrected chi connectivity index (χ2v) is 10.5. The zero-order valence-electron chi connectivity index (χ0n) is 23.6. The lowest BCUT2D eigenvalue weighted by Gasteiger charge is -2.43. The molecule has 0 aliphatic carbocycles. The number of piperazine rings is 1. The van der Waals surface area contributed by atoms with Crippen LogP contribution in [-0.4, -0.2) is 117 Å². The minimum atomic E-state index is -1.48. The number of carbonyl (C=O) groups is 1. The Morgan fingerprint density at radius 2 is 1.98 bits per heavy atom. The fraction of sp³-hybridized carbons (Fsp3) is 0.433. The van der Waals surface area contributed by atoms with Gasteiger partial charge in [-0.05, 0) is 37.0 Å². The number of hydrogen-bond acceptors (Lipinski definition) is 8. The molecule has 3 fully saturated rings. The highest BCUT2D eigenvalue weighted by Gasteiger charge is 2.33. The molecule has 11 nitrogen and oxygen atoms in total. The molecule has 2 aromatic carbocycles. The van der Waals surface area contributed by atoms with Crippen LogP contribution in [0.15, 0.2) is 51.4 Å². The maximum atomic E-state index is 15.0. The van der Waals surface area contributed by atoms with Crippen LogP contribution in [0.2, 0.25) is 0 Å². The van der Waals surface area contributed by atoms with E-state index in [2.05, 4.69) is 26.6 Å². The number of rotatable bonds is 8. The molecular weight excluding hydrogens is 560 g/mol. The first-order valence-electron chi connectivity index (χ1n) is 14.1. The van der Waals surface area contributed by atoms with Crippen molar-refractivity contribution >= 4 is 36.2 Å². The Labute approximate surface area is 248 Å². The summed E-state index contributed by atoms with van der Waals surface area (Å²) in [6.07, 6.45) is -0.873. The summed E-state index contributed by atoms with van der Waals surface area (Å²) in [5, 5.41) is 18.7. The molecule has 5 rings (SSSR count). The van der Waals surface area contributed by atoms with Gasteiger partial charge in [-0.15, -0.1) is 0 Å². The second-order valence-electron chi connectivity index (χ2n) is 10.5. The first-order valence-corrected chi connectivity index (χ1v) is 14.1. The first-order chi connectivity index (χ1) is 20.9. The van der Waals surface area contributed by atoms with Gasteiger partial charge in [0.15, 0.2) is 12.0 Å². The third-order valence-corrected chi connectivity index (χ3v) is 7.87. The molecule has 3 heterocycles. The summed E-state index contributed by atoms with van der Waals surface area (Å²) >= 11 is 0. The van der Waals surface area contributed by atoms with Gasteiger partial charge >= 0.3 is 0 Å². The van der Waals surface area contributed by atoms with Crippen LogP contribution in [0.25, 0.3) is 0 Å². The number of aliphatic hydroxyl groups is 1. The number of amides is 1. The number of benzene rings is 2. The predicted molar refractivity (Wildman–Crippen MR) is 158 cm³/mol. The van der Waals surface area contributed by atoms with E-state index in [1.54, 1.807) is 18.2 Å². The summed E-state index contributed by atoms with van der Waals surface area (Å²) in [4.78, 5) is 29.7. The maximum Gasteiger partial charge on any atom is 0.248 e. The lowest BCUT2D eigenvalue weighted by Crippen LogP contribution is -2.56. The number of nitrogens with zero attached hydrogens (tertiary/aromatic N) is 7. The highest BCUT2D eigenvalue weighted by Crippen LogP contribution is 2.27. The smallest absolute Gasteiger partial charge is 0.248 e. The van der Waals surface area contributed by atoms with E-state index in [0.29, 0.717) is 23.0 Å². The van der Waals surface area contributed by atoms with E-state index in [4.69, 9.17) is 14.6 Å². The SMILES string of the molecule is C=NC(=NC=Nc1ccc(N2CCN(C3COC3)CC2)c(F)c1)c1ccc(O[C@H]2CCN(C(=O)CO)C[C@H]2F)c(C#N)c1. The molecule has 1 amide bonds. The number of likely N-dealkylation sites (tertiary alicyclic amines) is 1. The van der Waals surface area contributed by atoms with Gasteiger partial charge < -0.3 is 24.4 Å². The number of piperidine rings is 1. The molecule has 3 saturated heterocycles. The molecular formula is C30H33F2N7O4. The normalized spacial score (nSPS) is 21.9. The molecule has 1 N–H and O–H groups in total. The van der Waals surface area contributed by atoms with Crippen molar-refractivity contribution in [2.75, 3.05) is 64.0 Å². The average Bonchev–Trinajstić information content (AvgIpc) is 3.00. The molecule has 3 aliphatic heterocycles. The molecule has 0 saturated carbocycles. The van der Waals surface area contributed by atoms with Crippen molar-refractivity contribution < 1.29 is 28.2 Å². The fourth-order valence-corrected chi connectivity index (χ4v) is 5.32. The van der Waals surface area contributed by atoms with Crippen molar-refractivity contribution in [1.82, 2.24) is 9.80 Å². The predicted octanol–water partition coefficient (Wildman–Crippen LogP) is 2.34.